The third-order valence-electron chi connectivity index (χ3n) is 3.64. The fourth-order valence-corrected chi connectivity index (χ4v) is 2.29. The lowest BCUT2D eigenvalue weighted by Crippen LogP contribution is -2.48. The van der Waals surface area contributed by atoms with E-state index in [9.17, 15) is 4.79 Å². The number of hydrogen-bond donors (Lipinski definition) is 2. The van der Waals surface area contributed by atoms with Crippen LogP contribution in [-0.4, -0.2) is 49.7 Å². The van der Waals surface area contributed by atoms with Gasteiger partial charge in [-0.3, -0.25) is 9.69 Å². The van der Waals surface area contributed by atoms with Gasteiger partial charge in [-0.25, -0.2) is 0 Å². The van der Waals surface area contributed by atoms with Crippen molar-refractivity contribution in [1.82, 2.24) is 4.90 Å². The highest BCUT2D eigenvalue weighted by atomic mass is 16.5. The Morgan fingerprint density at radius 1 is 1.45 bits per heavy atom. The van der Waals surface area contributed by atoms with Crippen molar-refractivity contribution >= 4 is 11.6 Å². The minimum absolute atomic E-state index is 0.00549. The number of carbonyl (C=O) groups excluding carboxylic acids is 1. The largest absolute Gasteiger partial charge is 0.374 e. The van der Waals surface area contributed by atoms with E-state index in [1.165, 1.54) is 11.1 Å². The molecule has 1 atom stereocenters. The Morgan fingerprint density at radius 3 is 2.95 bits per heavy atom. The van der Waals surface area contributed by atoms with Gasteiger partial charge in [0.15, 0.2) is 0 Å². The lowest BCUT2D eigenvalue weighted by atomic mass is 10.1. The summed E-state index contributed by atoms with van der Waals surface area (Å²) in [4.78, 5) is 14.1. The number of nitrogens with two attached hydrogens (primary N) is 1. The summed E-state index contributed by atoms with van der Waals surface area (Å²) in [5.74, 6) is 0.00549. The summed E-state index contributed by atoms with van der Waals surface area (Å²) in [5.41, 5.74) is 8.85. The molecule has 3 N–H and O–H groups in total. The molecule has 0 spiro atoms. The molecule has 20 heavy (non-hydrogen) atoms. The van der Waals surface area contributed by atoms with Crippen LogP contribution in [-0.2, 0) is 9.53 Å². The van der Waals surface area contributed by atoms with Crippen LogP contribution in [0.1, 0.15) is 11.1 Å². The molecule has 1 fully saturated rings. The van der Waals surface area contributed by atoms with Crippen LogP contribution in [0.5, 0.6) is 0 Å². The third kappa shape index (κ3) is 4.03. The number of hydrogen-bond acceptors (Lipinski definition) is 4. The number of amides is 1. The molecule has 1 aromatic carbocycles. The highest BCUT2D eigenvalue weighted by Crippen LogP contribution is 2.14. The number of nitrogens with one attached hydrogen (secondary N) is 1. The van der Waals surface area contributed by atoms with Crippen molar-refractivity contribution in [3.8, 4) is 0 Å². The second-order valence-corrected chi connectivity index (χ2v) is 5.31. The molecule has 5 nitrogen and oxygen atoms in total. The number of nitrogens with zero attached hydrogens (tertiary/aromatic N) is 1. The molecule has 1 amide bonds. The first-order valence-electron chi connectivity index (χ1n) is 6.99. The Labute approximate surface area is 120 Å². The maximum absolute atomic E-state index is 12.0. The van der Waals surface area contributed by atoms with Crippen molar-refractivity contribution in [2.75, 3.05) is 38.1 Å². The number of morpholine rings is 1. The van der Waals surface area contributed by atoms with Gasteiger partial charge in [-0.15, -0.1) is 0 Å². The average molecular weight is 277 g/mol. The molecule has 1 saturated heterocycles. The van der Waals surface area contributed by atoms with Crippen LogP contribution in [0.4, 0.5) is 5.69 Å². The molecular weight excluding hydrogens is 254 g/mol. The average Bonchev–Trinajstić information content (AvgIpc) is 2.43. The number of carbonyl (C=O) groups is 1. The first-order chi connectivity index (χ1) is 9.58. The second kappa shape index (κ2) is 6.83. The van der Waals surface area contributed by atoms with Gasteiger partial charge < -0.3 is 15.8 Å². The molecule has 1 aliphatic rings. The molecule has 0 bridgehead atoms. The van der Waals surface area contributed by atoms with E-state index in [2.05, 4.69) is 17.1 Å². The zero-order valence-electron chi connectivity index (χ0n) is 12.2. The summed E-state index contributed by atoms with van der Waals surface area (Å²) in [6.45, 7) is 7.11. The highest BCUT2D eigenvalue weighted by molar-refractivity contribution is 5.92. The summed E-state index contributed by atoms with van der Waals surface area (Å²) >= 11 is 0. The molecular formula is C15H23N3O2. The fourth-order valence-electron chi connectivity index (χ4n) is 2.29. The summed E-state index contributed by atoms with van der Waals surface area (Å²) in [7, 11) is 0. The van der Waals surface area contributed by atoms with Crippen molar-refractivity contribution < 1.29 is 9.53 Å². The van der Waals surface area contributed by atoms with Crippen LogP contribution in [0.3, 0.4) is 0 Å². The van der Waals surface area contributed by atoms with E-state index >= 15 is 0 Å². The molecule has 1 heterocycles. The van der Waals surface area contributed by atoms with Crippen molar-refractivity contribution in [2.24, 2.45) is 5.73 Å². The first kappa shape index (κ1) is 15.0. The quantitative estimate of drug-likeness (QED) is 0.858. The van der Waals surface area contributed by atoms with E-state index in [0.29, 0.717) is 19.7 Å². The normalized spacial score (nSPS) is 19.9. The van der Waals surface area contributed by atoms with E-state index in [-0.39, 0.29) is 12.0 Å². The molecule has 1 aliphatic heterocycles. The molecule has 5 heteroatoms. The van der Waals surface area contributed by atoms with Crippen molar-refractivity contribution in [2.45, 2.75) is 20.0 Å². The lowest BCUT2D eigenvalue weighted by molar-refractivity contribution is -0.119. The standard InChI is InChI=1S/C15H23N3O2/c1-11-3-4-13(7-12(11)2)17-15(19)10-18-5-6-20-14(8-16)9-18/h3-4,7,14H,5-6,8-10,16H2,1-2H3,(H,17,19). The van der Waals surface area contributed by atoms with Gasteiger partial charge in [0.05, 0.1) is 19.3 Å². The Bertz CT molecular complexity index is 476. The zero-order valence-corrected chi connectivity index (χ0v) is 12.2. The Morgan fingerprint density at radius 2 is 2.25 bits per heavy atom. The number of rotatable bonds is 4. The molecule has 110 valence electrons. The van der Waals surface area contributed by atoms with Gasteiger partial charge in [-0.05, 0) is 37.1 Å². The van der Waals surface area contributed by atoms with Crippen LogP contribution in [0, 0.1) is 13.8 Å². The van der Waals surface area contributed by atoms with Crippen LogP contribution in [0.25, 0.3) is 0 Å². The molecule has 1 unspecified atom stereocenters. The number of benzene rings is 1. The number of anilines is 1. The van der Waals surface area contributed by atoms with Gasteiger partial charge in [-0.2, -0.15) is 0 Å². The predicted molar refractivity (Wildman–Crippen MR) is 79.8 cm³/mol. The van der Waals surface area contributed by atoms with E-state index in [1.54, 1.807) is 0 Å². The van der Waals surface area contributed by atoms with Gasteiger partial charge in [-0.1, -0.05) is 6.07 Å². The summed E-state index contributed by atoms with van der Waals surface area (Å²) in [6, 6.07) is 5.95. The molecule has 0 aliphatic carbocycles. The van der Waals surface area contributed by atoms with Gasteiger partial charge >= 0.3 is 0 Å². The van der Waals surface area contributed by atoms with Crippen LogP contribution < -0.4 is 11.1 Å². The molecule has 0 saturated carbocycles. The monoisotopic (exact) mass is 277 g/mol. The number of ether oxygens (including phenoxy) is 1. The summed E-state index contributed by atoms with van der Waals surface area (Å²) in [5, 5.41) is 2.94. The molecule has 2 rings (SSSR count). The van der Waals surface area contributed by atoms with Crippen molar-refractivity contribution in [3.63, 3.8) is 0 Å². The van der Waals surface area contributed by atoms with Crippen molar-refractivity contribution in [3.05, 3.63) is 29.3 Å². The smallest absolute Gasteiger partial charge is 0.238 e. The molecule has 1 aromatic rings. The van der Waals surface area contributed by atoms with Gasteiger partial charge in [0, 0.05) is 25.3 Å². The zero-order chi connectivity index (χ0) is 14.5. The Kier molecular flexibility index (Phi) is 5.11. The SMILES string of the molecule is Cc1ccc(NC(=O)CN2CCOC(CN)C2)cc1C. The van der Waals surface area contributed by atoms with E-state index in [1.807, 2.05) is 25.1 Å². The Balaban J connectivity index is 1.87. The topological polar surface area (TPSA) is 67.6 Å². The van der Waals surface area contributed by atoms with Gasteiger partial charge in [0.1, 0.15) is 0 Å². The lowest BCUT2D eigenvalue weighted by Gasteiger charge is -2.31. The van der Waals surface area contributed by atoms with Gasteiger partial charge in [0.25, 0.3) is 0 Å². The number of aryl methyl sites for hydroxylation is 2. The maximum Gasteiger partial charge on any atom is 0.238 e. The van der Waals surface area contributed by atoms with Crippen LogP contribution >= 0.6 is 0 Å². The van der Waals surface area contributed by atoms with E-state index in [0.717, 1.165) is 18.8 Å². The van der Waals surface area contributed by atoms with Crippen LogP contribution in [0.2, 0.25) is 0 Å². The summed E-state index contributed by atoms with van der Waals surface area (Å²) in [6.07, 6.45) is 0.0400. The fraction of sp³-hybridized carbons (Fsp3) is 0.533. The minimum Gasteiger partial charge on any atom is -0.374 e. The first-order valence-corrected chi connectivity index (χ1v) is 6.99. The Hall–Kier alpha value is -1.43. The molecule has 0 radical (unpaired) electrons. The van der Waals surface area contributed by atoms with E-state index < -0.39 is 0 Å². The second-order valence-electron chi connectivity index (χ2n) is 5.31. The van der Waals surface area contributed by atoms with Gasteiger partial charge in [0.2, 0.25) is 5.91 Å². The van der Waals surface area contributed by atoms with E-state index in [4.69, 9.17) is 10.5 Å². The predicted octanol–water partition coefficient (Wildman–Crippen LogP) is 0.901. The minimum atomic E-state index is 0.00549. The van der Waals surface area contributed by atoms with Crippen molar-refractivity contribution in [1.29, 1.82) is 0 Å². The maximum atomic E-state index is 12.0. The third-order valence-corrected chi connectivity index (χ3v) is 3.64. The highest BCUT2D eigenvalue weighted by Gasteiger charge is 2.20. The molecule has 0 aromatic heterocycles. The summed E-state index contributed by atoms with van der Waals surface area (Å²) < 4.78 is 5.49. The van der Waals surface area contributed by atoms with Crippen LogP contribution in [0.15, 0.2) is 18.2 Å².